The molecule has 0 bridgehead atoms. The first-order valence-corrected chi connectivity index (χ1v) is 7.46. The van der Waals surface area contributed by atoms with Crippen LogP contribution in [0.3, 0.4) is 0 Å². The summed E-state index contributed by atoms with van der Waals surface area (Å²) in [6, 6.07) is 8.65. The summed E-state index contributed by atoms with van der Waals surface area (Å²) in [4.78, 5) is 16.0. The van der Waals surface area contributed by atoms with Gasteiger partial charge in [0.05, 0.1) is 10.9 Å². The summed E-state index contributed by atoms with van der Waals surface area (Å²) in [6.45, 7) is 2.43. The minimum atomic E-state index is -0.283. The van der Waals surface area contributed by atoms with Crippen molar-refractivity contribution < 1.29 is 9.18 Å². The molecule has 0 fully saturated rings. The monoisotopic (exact) mass is 350 g/mol. The van der Waals surface area contributed by atoms with Crippen LogP contribution < -0.4 is 5.32 Å². The zero-order valence-corrected chi connectivity index (χ0v) is 13.3. The minimum Gasteiger partial charge on any atom is -0.355 e. The summed E-state index contributed by atoms with van der Waals surface area (Å²) in [5.74, 6) is -0.323. The predicted molar refractivity (Wildman–Crippen MR) is 83.5 cm³/mol. The van der Waals surface area contributed by atoms with Gasteiger partial charge < -0.3 is 5.32 Å². The number of halogens is 2. The maximum Gasteiger partial charge on any atom is 0.224 e. The zero-order chi connectivity index (χ0) is 15.2. The second kappa shape index (κ2) is 7.31. The van der Waals surface area contributed by atoms with Crippen molar-refractivity contribution in [2.24, 2.45) is 0 Å². The second-order valence-corrected chi connectivity index (χ2v) is 5.69. The molecule has 0 aliphatic rings. The van der Waals surface area contributed by atoms with Crippen molar-refractivity contribution in [3.05, 3.63) is 63.6 Å². The largest absolute Gasteiger partial charge is 0.355 e. The van der Waals surface area contributed by atoms with Crippen molar-refractivity contribution in [1.82, 2.24) is 10.3 Å². The third-order valence-electron chi connectivity index (χ3n) is 3.06. The van der Waals surface area contributed by atoms with Gasteiger partial charge in [-0.2, -0.15) is 0 Å². The van der Waals surface area contributed by atoms with Crippen LogP contribution >= 0.6 is 15.9 Å². The molecule has 1 aromatic heterocycles. The van der Waals surface area contributed by atoms with E-state index in [2.05, 4.69) is 26.2 Å². The highest BCUT2D eigenvalue weighted by Crippen LogP contribution is 2.16. The quantitative estimate of drug-likeness (QED) is 0.899. The van der Waals surface area contributed by atoms with Gasteiger partial charge in [0.1, 0.15) is 5.82 Å². The molecule has 0 atom stereocenters. The molecule has 1 aromatic carbocycles. The molecule has 3 nitrogen and oxygen atoms in total. The van der Waals surface area contributed by atoms with Gasteiger partial charge in [-0.15, -0.1) is 0 Å². The first-order valence-electron chi connectivity index (χ1n) is 6.67. The Kier molecular flexibility index (Phi) is 5.44. The van der Waals surface area contributed by atoms with Crippen LogP contribution in [0.15, 0.2) is 41.0 Å². The van der Waals surface area contributed by atoms with Gasteiger partial charge in [-0.3, -0.25) is 9.78 Å². The fourth-order valence-corrected chi connectivity index (χ4v) is 2.32. The van der Waals surface area contributed by atoms with E-state index < -0.39 is 0 Å². The van der Waals surface area contributed by atoms with Gasteiger partial charge in [-0.05, 0) is 58.6 Å². The second-order valence-electron chi connectivity index (χ2n) is 4.83. The number of hydrogen-bond acceptors (Lipinski definition) is 2. The van der Waals surface area contributed by atoms with Crippen LogP contribution in [-0.2, 0) is 17.6 Å². The fourth-order valence-electron chi connectivity index (χ4n) is 1.89. The smallest absolute Gasteiger partial charge is 0.224 e. The number of pyridine rings is 1. The molecule has 0 aliphatic heterocycles. The lowest BCUT2D eigenvalue weighted by Crippen LogP contribution is -2.27. The molecule has 110 valence electrons. The molecule has 0 unspecified atom stereocenters. The Morgan fingerprint density at radius 2 is 2.05 bits per heavy atom. The molecule has 0 radical (unpaired) electrons. The topological polar surface area (TPSA) is 42.0 Å². The summed E-state index contributed by atoms with van der Waals surface area (Å²) >= 11 is 3.15. The maximum atomic E-state index is 13.1. The van der Waals surface area contributed by atoms with E-state index in [0.29, 0.717) is 23.9 Å². The number of rotatable bonds is 5. The summed E-state index contributed by atoms with van der Waals surface area (Å²) in [5, 5.41) is 2.85. The van der Waals surface area contributed by atoms with E-state index in [1.54, 1.807) is 18.3 Å². The number of aromatic nitrogens is 1. The third-order valence-corrected chi connectivity index (χ3v) is 3.66. The van der Waals surface area contributed by atoms with Crippen molar-refractivity contribution in [3.63, 3.8) is 0 Å². The molecule has 0 aliphatic carbocycles. The van der Waals surface area contributed by atoms with Gasteiger partial charge in [-0.25, -0.2) is 4.39 Å². The first kappa shape index (κ1) is 15.6. The zero-order valence-electron chi connectivity index (χ0n) is 11.7. The fraction of sp³-hybridized carbons (Fsp3) is 0.250. The van der Waals surface area contributed by atoms with Crippen molar-refractivity contribution in [3.8, 4) is 0 Å². The van der Waals surface area contributed by atoms with Crippen molar-refractivity contribution in [1.29, 1.82) is 0 Å². The highest BCUT2D eigenvalue weighted by Gasteiger charge is 2.04. The Morgan fingerprint density at radius 1 is 1.29 bits per heavy atom. The van der Waals surface area contributed by atoms with Gasteiger partial charge in [0.25, 0.3) is 0 Å². The van der Waals surface area contributed by atoms with Crippen LogP contribution in [0.4, 0.5) is 4.39 Å². The van der Waals surface area contributed by atoms with E-state index in [1.165, 1.54) is 6.07 Å². The summed E-state index contributed by atoms with van der Waals surface area (Å²) in [5.41, 5.74) is 2.80. The van der Waals surface area contributed by atoms with Crippen LogP contribution in [0.2, 0.25) is 0 Å². The Balaban J connectivity index is 1.78. The summed E-state index contributed by atoms with van der Waals surface area (Å²) < 4.78 is 13.5. The number of nitrogens with zero attached hydrogens (tertiary/aromatic N) is 1. The standard InChI is InChI=1S/C16H16BrFN2O/c1-11-2-3-13(10-20-11)9-16(21)19-7-6-12-4-5-15(18)14(17)8-12/h2-5,8,10H,6-7,9H2,1H3,(H,19,21). The Labute approximate surface area is 131 Å². The molecule has 1 amide bonds. The van der Waals surface area contributed by atoms with Crippen molar-refractivity contribution in [2.45, 2.75) is 19.8 Å². The van der Waals surface area contributed by atoms with Crippen molar-refractivity contribution >= 4 is 21.8 Å². The molecule has 1 heterocycles. The van der Waals surface area contributed by atoms with Crippen LogP contribution in [0.5, 0.6) is 0 Å². The first-order chi connectivity index (χ1) is 10.0. The van der Waals surface area contributed by atoms with Gasteiger partial charge in [0.15, 0.2) is 0 Å². The SMILES string of the molecule is Cc1ccc(CC(=O)NCCc2ccc(F)c(Br)c2)cn1. The predicted octanol–water partition coefficient (Wildman–Crippen LogP) is 3.19. The van der Waals surface area contributed by atoms with E-state index >= 15 is 0 Å². The van der Waals surface area contributed by atoms with Crippen LogP contribution in [0, 0.1) is 12.7 Å². The minimum absolute atomic E-state index is 0.0400. The van der Waals surface area contributed by atoms with Crippen molar-refractivity contribution in [2.75, 3.05) is 6.54 Å². The van der Waals surface area contributed by atoms with Gasteiger partial charge in [0, 0.05) is 18.4 Å². The van der Waals surface area contributed by atoms with Crippen LogP contribution in [0.1, 0.15) is 16.8 Å². The van der Waals surface area contributed by atoms with Gasteiger partial charge >= 0.3 is 0 Å². The molecule has 0 saturated carbocycles. The number of carbonyl (C=O) groups is 1. The Morgan fingerprint density at radius 3 is 2.71 bits per heavy atom. The highest BCUT2D eigenvalue weighted by atomic mass is 79.9. The Bertz CT molecular complexity index is 629. The van der Waals surface area contributed by atoms with E-state index in [4.69, 9.17) is 0 Å². The van der Waals surface area contributed by atoms with Gasteiger partial charge in [0.2, 0.25) is 5.91 Å². The average molecular weight is 351 g/mol. The van der Waals surface area contributed by atoms with E-state index in [-0.39, 0.29) is 11.7 Å². The molecular formula is C16H16BrFN2O. The van der Waals surface area contributed by atoms with Crippen LogP contribution in [-0.4, -0.2) is 17.4 Å². The highest BCUT2D eigenvalue weighted by molar-refractivity contribution is 9.10. The molecular weight excluding hydrogens is 335 g/mol. The Hall–Kier alpha value is -1.75. The summed E-state index contributed by atoms with van der Waals surface area (Å²) in [7, 11) is 0. The lowest BCUT2D eigenvalue weighted by molar-refractivity contribution is -0.120. The normalized spacial score (nSPS) is 10.4. The molecule has 2 aromatic rings. The molecule has 1 N–H and O–H groups in total. The number of nitrogens with one attached hydrogen (secondary N) is 1. The molecule has 0 saturated heterocycles. The van der Waals surface area contributed by atoms with Gasteiger partial charge in [-0.1, -0.05) is 12.1 Å². The van der Waals surface area contributed by atoms with Crippen LogP contribution in [0.25, 0.3) is 0 Å². The maximum absolute atomic E-state index is 13.1. The molecule has 2 rings (SSSR count). The van der Waals surface area contributed by atoms with E-state index in [0.717, 1.165) is 16.8 Å². The number of amides is 1. The number of hydrogen-bond donors (Lipinski definition) is 1. The average Bonchev–Trinajstić information content (AvgIpc) is 2.45. The third kappa shape index (κ3) is 4.93. The number of carbonyl (C=O) groups excluding carboxylic acids is 1. The van der Waals surface area contributed by atoms with E-state index in [1.807, 2.05) is 19.1 Å². The molecule has 21 heavy (non-hydrogen) atoms. The lowest BCUT2D eigenvalue weighted by Gasteiger charge is -2.06. The molecule has 0 spiro atoms. The lowest BCUT2D eigenvalue weighted by atomic mass is 10.1. The van der Waals surface area contributed by atoms with E-state index in [9.17, 15) is 9.18 Å². The molecule has 5 heteroatoms. The number of aryl methyl sites for hydroxylation is 1. The number of benzene rings is 1. The summed E-state index contributed by atoms with van der Waals surface area (Å²) in [6.07, 6.45) is 2.70.